The average molecular weight is 292 g/mol. The number of nitrogens with one attached hydrogen (secondary N) is 1. The van der Waals surface area contributed by atoms with Gasteiger partial charge in [-0.2, -0.15) is 0 Å². The maximum Gasteiger partial charge on any atom is 0.224 e. The topological polar surface area (TPSA) is 41.6 Å². The van der Waals surface area contributed by atoms with E-state index < -0.39 is 0 Å². The van der Waals surface area contributed by atoms with Crippen LogP contribution < -0.4 is 5.32 Å². The van der Waals surface area contributed by atoms with Crippen LogP contribution in [-0.4, -0.2) is 43.1 Å². The molecule has 5 heteroatoms. The van der Waals surface area contributed by atoms with Gasteiger partial charge in [-0.15, -0.1) is 0 Å². The molecule has 1 aromatic carbocycles. The van der Waals surface area contributed by atoms with Gasteiger partial charge in [0.15, 0.2) is 0 Å². The molecular formula is C16H21FN2O2. The van der Waals surface area contributed by atoms with Gasteiger partial charge in [0.05, 0.1) is 13.2 Å². The number of rotatable bonds is 3. The van der Waals surface area contributed by atoms with Gasteiger partial charge in [-0.1, -0.05) is 12.1 Å². The molecule has 21 heavy (non-hydrogen) atoms. The van der Waals surface area contributed by atoms with Gasteiger partial charge in [-0.05, 0) is 37.1 Å². The van der Waals surface area contributed by atoms with Gasteiger partial charge in [0.1, 0.15) is 11.9 Å². The van der Waals surface area contributed by atoms with Crippen molar-refractivity contribution >= 4 is 5.91 Å². The summed E-state index contributed by atoms with van der Waals surface area (Å²) in [6.07, 6.45) is 2.54. The predicted molar refractivity (Wildman–Crippen MR) is 77.3 cm³/mol. The molecule has 1 amide bonds. The Morgan fingerprint density at radius 3 is 3.14 bits per heavy atom. The zero-order chi connectivity index (χ0) is 14.7. The molecule has 2 aliphatic heterocycles. The molecule has 3 rings (SSSR count). The van der Waals surface area contributed by atoms with E-state index in [1.165, 1.54) is 12.1 Å². The summed E-state index contributed by atoms with van der Waals surface area (Å²) in [5, 5.41) is 3.35. The van der Waals surface area contributed by atoms with Gasteiger partial charge in [0, 0.05) is 19.0 Å². The lowest BCUT2D eigenvalue weighted by molar-refractivity contribution is -0.139. The highest BCUT2D eigenvalue weighted by Crippen LogP contribution is 2.23. The van der Waals surface area contributed by atoms with Crippen LogP contribution in [0.1, 0.15) is 30.9 Å². The van der Waals surface area contributed by atoms with Crippen LogP contribution in [0.2, 0.25) is 0 Å². The van der Waals surface area contributed by atoms with Gasteiger partial charge < -0.3 is 15.0 Å². The van der Waals surface area contributed by atoms with Crippen molar-refractivity contribution in [3.63, 3.8) is 0 Å². The Morgan fingerprint density at radius 2 is 2.38 bits per heavy atom. The minimum atomic E-state index is -0.269. The van der Waals surface area contributed by atoms with Crippen LogP contribution in [-0.2, 0) is 9.53 Å². The number of morpholine rings is 1. The standard InChI is InChI=1S/C16H21FN2O2/c17-13-4-1-3-12(9-13)15-11-19(7-8-21-15)16(20)10-14-5-2-6-18-14/h1,3-4,9,14-15,18H,2,5-8,10-11H2. The van der Waals surface area contributed by atoms with Crippen LogP contribution in [0.3, 0.4) is 0 Å². The molecule has 2 saturated heterocycles. The third-order valence-electron chi connectivity index (χ3n) is 4.22. The number of nitrogens with zero attached hydrogens (tertiary/aromatic N) is 1. The van der Waals surface area contributed by atoms with Crippen LogP contribution >= 0.6 is 0 Å². The number of hydrogen-bond donors (Lipinski definition) is 1. The zero-order valence-corrected chi connectivity index (χ0v) is 12.1. The predicted octanol–water partition coefficient (Wildman–Crippen LogP) is 1.87. The fourth-order valence-electron chi connectivity index (χ4n) is 3.06. The van der Waals surface area contributed by atoms with Gasteiger partial charge in [0.25, 0.3) is 0 Å². The van der Waals surface area contributed by atoms with Gasteiger partial charge in [-0.25, -0.2) is 4.39 Å². The normalized spacial score (nSPS) is 26.0. The number of hydrogen-bond acceptors (Lipinski definition) is 3. The van der Waals surface area contributed by atoms with Gasteiger partial charge in [0.2, 0.25) is 5.91 Å². The molecule has 114 valence electrons. The lowest BCUT2D eigenvalue weighted by Crippen LogP contribution is -2.44. The summed E-state index contributed by atoms with van der Waals surface area (Å²) in [6, 6.07) is 6.74. The largest absolute Gasteiger partial charge is 0.370 e. The second-order valence-corrected chi connectivity index (χ2v) is 5.75. The number of halogens is 1. The summed E-state index contributed by atoms with van der Waals surface area (Å²) in [5.74, 6) is -0.103. The highest BCUT2D eigenvalue weighted by atomic mass is 19.1. The molecule has 2 fully saturated rings. The highest BCUT2D eigenvalue weighted by molar-refractivity contribution is 5.77. The summed E-state index contributed by atoms with van der Waals surface area (Å²) < 4.78 is 19.0. The van der Waals surface area contributed by atoms with E-state index in [1.54, 1.807) is 6.07 Å². The first-order valence-corrected chi connectivity index (χ1v) is 7.60. The van der Waals surface area contributed by atoms with Crippen molar-refractivity contribution in [2.45, 2.75) is 31.4 Å². The SMILES string of the molecule is O=C(CC1CCCN1)N1CCOC(c2cccc(F)c2)C1. The Labute approximate surface area is 124 Å². The lowest BCUT2D eigenvalue weighted by atomic mass is 10.1. The van der Waals surface area contributed by atoms with Crippen LogP contribution in [0.25, 0.3) is 0 Å². The lowest BCUT2D eigenvalue weighted by Gasteiger charge is -2.33. The van der Waals surface area contributed by atoms with Crippen LogP contribution in [0.4, 0.5) is 4.39 Å². The number of benzene rings is 1. The molecule has 2 atom stereocenters. The monoisotopic (exact) mass is 292 g/mol. The number of amides is 1. The molecule has 1 N–H and O–H groups in total. The molecule has 2 heterocycles. The van der Waals surface area contributed by atoms with E-state index in [4.69, 9.17) is 4.74 Å². The van der Waals surface area contributed by atoms with Crippen molar-refractivity contribution in [3.8, 4) is 0 Å². The number of carbonyl (C=O) groups is 1. The Balaban J connectivity index is 1.61. The second-order valence-electron chi connectivity index (χ2n) is 5.75. The van der Waals surface area contributed by atoms with E-state index in [0.717, 1.165) is 24.9 Å². The van der Waals surface area contributed by atoms with Crippen molar-refractivity contribution in [2.75, 3.05) is 26.2 Å². The molecular weight excluding hydrogens is 271 g/mol. The van der Waals surface area contributed by atoms with Gasteiger partial charge in [-0.3, -0.25) is 4.79 Å². The van der Waals surface area contributed by atoms with Crippen molar-refractivity contribution in [2.24, 2.45) is 0 Å². The van der Waals surface area contributed by atoms with Crippen LogP contribution in [0, 0.1) is 5.82 Å². The first-order valence-electron chi connectivity index (χ1n) is 7.60. The maximum absolute atomic E-state index is 13.3. The molecule has 1 aromatic rings. The van der Waals surface area contributed by atoms with Crippen molar-refractivity contribution in [1.82, 2.24) is 10.2 Å². The third kappa shape index (κ3) is 3.60. The van der Waals surface area contributed by atoms with Crippen molar-refractivity contribution in [3.05, 3.63) is 35.6 Å². The molecule has 0 aliphatic carbocycles. The van der Waals surface area contributed by atoms with E-state index in [-0.39, 0.29) is 17.8 Å². The zero-order valence-electron chi connectivity index (χ0n) is 12.1. The van der Waals surface area contributed by atoms with Crippen molar-refractivity contribution in [1.29, 1.82) is 0 Å². The first kappa shape index (κ1) is 14.5. The van der Waals surface area contributed by atoms with E-state index in [2.05, 4.69) is 5.32 Å². The fourth-order valence-corrected chi connectivity index (χ4v) is 3.06. The minimum absolute atomic E-state index is 0.166. The minimum Gasteiger partial charge on any atom is -0.370 e. The molecule has 4 nitrogen and oxygen atoms in total. The molecule has 0 bridgehead atoms. The van der Waals surface area contributed by atoms with E-state index in [0.29, 0.717) is 32.2 Å². The van der Waals surface area contributed by atoms with E-state index in [9.17, 15) is 9.18 Å². The van der Waals surface area contributed by atoms with Crippen LogP contribution in [0.15, 0.2) is 24.3 Å². The third-order valence-corrected chi connectivity index (χ3v) is 4.22. The van der Waals surface area contributed by atoms with Crippen molar-refractivity contribution < 1.29 is 13.9 Å². The Morgan fingerprint density at radius 1 is 1.48 bits per heavy atom. The van der Waals surface area contributed by atoms with Gasteiger partial charge >= 0.3 is 0 Å². The summed E-state index contributed by atoms with van der Waals surface area (Å²) in [5.41, 5.74) is 0.798. The Bertz CT molecular complexity index is 503. The van der Waals surface area contributed by atoms with Crippen LogP contribution in [0.5, 0.6) is 0 Å². The maximum atomic E-state index is 13.3. The molecule has 0 radical (unpaired) electrons. The van der Waals surface area contributed by atoms with E-state index >= 15 is 0 Å². The Kier molecular flexibility index (Phi) is 4.51. The highest BCUT2D eigenvalue weighted by Gasteiger charge is 2.27. The Hall–Kier alpha value is -1.46. The second kappa shape index (κ2) is 6.54. The molecule has 0 aromatic heterocycles. The summed E-state index contributed by atoms with van der Waals surface area (Å²) in [7, 11) is 0. The quantitative estimate of drug-likeness (QED) is 0.924. The molecule has 0 spiro atoms. The van der Waals surface area contributed by atoms with E-state index in [1.807, 2.05) is 11.0 Å². The fraction of sp³-hybridized carbons (Fsp3) is 0.562. The summed E-state index contributed by atoms with van der Waals surface area (Å²) in [4.78, 5) is 14.2. The summed E-state index contributed by atoms with van der Waals surface area (Å²) >= 11 is 0. The molecule has 0 saturated carbocycles. The number of carbonyl (C=O) groups excluding carboxylic acids is 1. The molecule has 2 aliphatic rings. The first-order chi connectivity index (χ1) is 10.2. The number of ether oxygens (including phenoxy) is 1. The molecule has 2 unspecified atom stereocenters. The smallest absolute Gasteiger partial charge is 0.224 e. The average Bonchev–Trinajstić information content (AvgIpc) is 3.00. The summed E-state index contributed by atoms with van der Waals surface area (Å²) in [6.45, 7) is 2.64.